The second-order valence-corrected chi connectivity index (χ2v) is 7.68. The van der Waals surface area contributed by atoms with Crippen LogP contribution in [-0.2, 0) is 0 Å². The smallest absolute Gasteiger partial charge is 0.00586 e. The molecule has 3 unspecified atom stereocenters. The second kappa shape index (κ2) is 7.04. The number of allylic oxidation sites excluding steroid dienone is 9. The van der Waals surface area contributed by atoms with Crippen LogP contribution in [0.3, 0.4) is 0 Å². The first-order chi connectivity index (χ1) is 13.4. The zero-order chi connectivity index (χ0) is 18.1. The Balaban J connectivity index is 1.76. The Kier molecular flexibility index (Phi) is 4.26. The van der Waals surface area contributed by atoms with Gasteiger partial charge < -0.3 is 0 Å². The van der Waals surface area contributed by atoms with Crippen molar-refractivity contribution in [1.29, 1.82) is 0 Å². The van der Waals surface area contributed by atoms with Gasteiger partial charge in [-0.3, -0.25) is 0 Å². The average molecular weight is 348 g/mol. The molecule has 132 valence electrons. The molecular weight excluding hydrogens is 324 g/mol. The van der Waals surface area contributed by atoms with Gasteiger partial charge in [0.2, 0.25) is 0 Å². The summed E-state index contributed by atoms with van der Waals surface area (Å²) in [6.45, 7) is 0. The molecule has 0 nitrogen and oxygen atoms in total. The Bertz CT molecular complexity index is 926. The molecule has 1 fully saturated rings. The molecule has 0 radical (unpaired) electrons. The maximum atomic E-state index is 2.43. The summed E-state index contributed by atoms with van der Waals surface area (Å²) in [5.41, 5.74) is 7.28. The predicted octanol–water partition coefficient (Wildman–Crippen LogP) is 6.75. The van der Waals surface area contributed by atoms with Crippen molar-refractivity contribution in [2.45, 2.75) is 12.8 Å². The van der Waals surface area contributed by atoms with Crippen LogP contribution in [0.15, 0.2) is 114 Å². The first kappa shape index (κ1) is 16.3. The fraction of sp³-hybridized carbons (Fsp3) is 0.185. The zero-order valence-electron chi connectivity index (χ0n) is 15.5. The van der Waals surface area contributed by atoms with Crippen molar-refractivity contribution in [3.63, 3.8) is 0 Å². The van der Waals surface area contributed by atoms with Crippen LogP contribution in [0.1, 0.15) is 24.0 Å². The van der Waals surface area contributed by atoms with Crippen LogP contribution >= 0.6 is 0 Å². The lowest BCUT2D eigenvalue weighted by molar-refractivity contribution is 0.568. The maximum Gasteiger partial charge on any atom is 0.00586 e. The fourth-order valence-corrected chi connectivity index (χ4v) is 4.97. The van der Waals surface area contributed by atoms with E-state index in [0.29, 0.717) is 17.8 Å². The molecule has 0 aliphatic heterocycles. The Labute approximate surface area is 161 Å². The molecule has 0 heteroatoms. The summed E-state index contributed by atoms with van der Waals surface area (Å²) in [4.78, 5) is 0. The van der Waals surface area contributed by atoms with E-state index in [0.717, 1.165) is 6.42 Å². The first-order valence-corrected chi connectivity index (χ1v) is 9.97. The lowest BCUT2D eigenvalue weighted by Gasteiger charge is -2.24. The molecular formula is C27H24. The summed E-state index contributed by atoms with van der Waals surface area (Å²) in [6, 6.07) is 21.9. The molecule has 0 amide bonds. The standard InChI is InChI=1S/C27H24/c1-3-13-21(14-4-1)26(22-15-5-2-6-16-22)27-24-18-10-9-17-23(24)19-25(27)20-11-7-8-12-20/h1-11,13-18,23-25H,12,19H2. The molecule has 0 aromatic heterocycles. The van der Waals surface area contributed by atoms with Gasteiger partial charge in [0.1, 0.15) is 0 Å². The van der Waals surface area contributed by atoms with Crippen LogP contribution in [0.5, 0.6) is 0 Å². The van der Waals surface area contributed by atoms with Gasteiger partial charge >= 0.3 is 0 Å². The summed E-state index contributed by atoms with van der Waals surface area (Å²) < 4.78 is 0. The molecule has 5 rings (SSSR count). The SMILES string of the molecule is C1=CCC(C2CC3C=CC=CC3C2=C(c2ccccc2)c2ccccc2)=C1. The van der Waals surface area contributed by atoms with E-state index in [4.69, 9.17) is 0 Å². The third-order valence-electron chi connectivity index (χ3n) is 6.15. The molecule has 0 heterocycles. The van der Waals surface area contributed by atoms with E-state index in [9.17, 15) is 0 Å². The molecule has 27 heavy (non-hydrogen) atoms. The van der Waals surface area contributed by atoms with Gasteiger partial charge in [-0.2, -0.15) is 0 Å². The molecule has 3 aliphatic rings. The van der Waals surface area contributed by atoms with Crippen molar-refractivity contribution < 1.29 is 0 Å². The first-order valence-electron chi connectivity index (χ1n) is 9.97. The molecule has 0 bridgehead atoms. The second-order valence-electron chi connectivity index (χ2n) is 7.68. The summed E-state index contributed by atoms with van der Waals surface area (Å²) in [7, 11) is 0. The van der Waals surface area contributed by atoms with Crippen molar-refractivity contribution >= 4 is 5.57 Å². The van der Waals surface area contributed by atoms with E-state index in [1.807, 2.05) is 0 Å². The molecule has 3 aliphatic carbocycles. The average Bonchev–Trinajstić information content (AvgIpc) is 3.38. The van der Waals surface area contributed by atoms with Crippen LogP contribution in [0.25, 0.3) is 5.57 Å². The van der Waals surface area contributed by atoms with Gasteiger partial charge in [-0.15, -0.1) is 0 Å². The van der Waals surface area contributed by atoms with Gasteiger partial charge in [0, 0.05) is 11.8 Å². The number of hydrogen-bond donors (Lipinski definition) is 0. The van der Waals surface area contributed by atoms with Crippen molar-refractivity contribution in [3.8, 4) is 0 Å². The highest BCUT2D eigenvalue weighted by Gasteiger charge is 2.40. The summed E-state index contributed by atoms with van der Waals surface area (Å²) in [6.07, 6.45) is 18.5. The molecule has 2 aromatic carbocycles. The largest absolute Gasteiger partial charge is 0.0805 e. The third kappa shape index (κ3) is 2.96. The van der Waals surface area contributed by atoms with Crippen LogP contribution in [0.2, 0.25) is 0 Å². The minimum atomic E-state index is 0.497. The van der Waals surface area contributed by atoms with Gasteiger partial charge in [0.25, 0.3) is 0 Å². The quantitative estimate of drug-likeness (QED) is 0.575. The molecule has 1 saturated carbocycles. The minimum Gasteiger partial charge on any atom is -0.0805 e. The topological polar surface area (TPSA) is 0 Å². The molecule has 0 saturated heterocycles. The fourth-order valence-electron chi connectivity index (χ4n) is 4.97. The van der Waals surface area contributed by atoms with E-state index < -0.39 is 0 Å². The predicted molar refractivity (Wildman–Crippen MR) is 114 cm³/mol. The Morgan fingerprint density at radius 3 is 2.04 bits per heavy atom. The van der Waals surface area contributed by atoms with E-state index in [1.165, 1.54) is 23.1 Å². The normalized spacial score (nSPS) is 25.6. The lowest BCUT2D eigenvalue weighted by Crippen LogP contribution is -2.10. The Morgan fingerprint density at radius 1 is 0.741 bits per heavy atom. The number of rotatable bonds is 3. The minimum absolute atomic E-state index is 0.497. The number of fused-ring (bicyclic) bond motifs is 1. The van der Waals surface area contributed by atoms with Gasteiger partial charge in [-0.1, -0.05) is 109 Å². The van der Waals surface area contributed by atoms with Gasteiger partial charge in [0.15, 0.2) is 0 Å². The van der Waals surface area contributed by atoms with Crippen LogP contribution in [-0.4, -0.2) is 0 Å². The van der Waals surface area contributed by atoms with Gasteiger partial charge in [-0.05, 0) is 41.0 Å². The summed E-state index contributed by atoms with van der Waals surface area (Å²) in [5.74, 6) is 1.63. The molecule has 0 spiro atoms. The van der Waals surface area contributed by atoms with Crippen molar-refractivity contribution in [2.24, 2.45) is 17.8 Å². The van der Waals surface area contributed by atoms with Crippen molar-refractivity contribution in [1.82, 2.24) is 0 Å². The molecule has 0 N–H and O–H groups in total. The molecule has 2 aromatic rings. The van der Waals surface area contributed by atoms with Gasteiger partial charge in [0.05, 0.1) is 0 Å². The van der Waals surface area contributed by atoms with Crippen LogP contribution in [0.4, 0.5) is 0 Å². The highest BCUT2D eigenvalue weighted by Crippen LogP contribution is 2.52. The van der Waals surface area contributed by atoms with Gasteiger partial charge in [-0.25, -0.2) is 0 Å². The van der Waals surface area contributed by atoms with E-state index in [-0.39, 0.29) is 0 Å². The Hall–Kier alpha value is -2.86. The van der Waals surface area contributed by atoms with Crippen molar-refractivity contribution in [3.05, 3.63) is 125 Å². The monoisotopic (exact) mass is 348 g/mol. The maximum absolute atomic E-state index is 2.43. The summed E-state index contributed by atoms with van der Waals surface area (Å²) in [5, 5.41) is 0. The number of hydrogen-bond acceptors (Lipinski definition) is 0. The highest BCUT2D eigenvalue weighted by molar-refractivity contribution is 5.84. The molecule has 3 atom stereocenters. The van der Waals surface area contributed by atoms with Crippen LogP contribution < -0.4 is 0 Å². The van der Waals surface area contributed by atoms with E-state index in [2.05, 4.69) is 103 Å². The summed E-state index contributed by atoms with van der Waals surface area (Å²) >= 11 is 0. The van der Waals surface area contributed by atoms with Crippen molar-refractivity contribution in [2.75, 3.05) is 0 Å². The Morgan fingerprint density at radius 2 is 1.41 bits per heavy atom. The lowest BCUT2D eigenvalue weighted by atomic mass is 9.80. The van der Waals surface area contributed by atoms with E-state index >= 15 is 0 Å². The zero-order valence-corrected chi connectivity index (χ0v) is 15.5. The third-order valence-corrected chi connectivity index (χ3v) is 6.15. The highest BCUT2D eigenvalue weighted by atomic mass is 14.4. The number of benzene rings is 2. The van der Waals surface area contributed by atoms with E-state index in [1.54, 1.807) is 11.1 Å². The van der Waals surface area contributed by atoms with Crippen LogP contribution in [0, 0.1) is 17.8 Å².